The average Bonchev–Trinajstić information content (AvgIpc) is 3.38. The summed E-state index contributed by atoms with van der Waals surface area (Å²) in [6.07, 6.45) is 0.942. The molecule has 182 valence electrons. The van der Waals surface area contributed by atoms with Crippen LogP contribution in [0.2, 0.25) is 0 Å². The number of aliphatic hydroxyl groups is 1. The van der Waals surface area contributed by atoms with Gasteiger partial charge in [0.15, 0.2) is 5.78 Å². The summed E-state index contributed by atoms with van der Waals surface area (Å²) in [6.45, 7) is 9.69. The number of halogens is 1. The van der Waals surface area contributed by atoms with E-state index in [1.165, 1.54) is 6.92 Å². The van der Waals surface area contributed by atoms with Gasteiger partial charge in [-0.05, 0) is 52.3 Å². The van der Waals surface area contributed by atoms with Crippen LogP contribution in [0.3, 0.4) is 0 Å². The van der Waals surface area contributed by atoms with Gasteiger partial charge in [-0.25, -0.2) is 4.39 Å². The lowest BCUT2D eigenvalue weighted by molar-refractivity contribution is -0.0593. The van der Waals surface area contributed by atoms with Crippen molar-refractivity contribution < 1.29 is 23.8 Å². The molecule has 2 aromatic heterocycles. The highest BCUT2D eigenvalue weighted by molar-refractivity contribution is 6.00. The molecule has 0 aliphatic carbocycles. The lowest BCUT2D eigenvalue weighted by Gasteiger charge is -2.38. The van der Waals surface area contributed by atoms with E-state index in [9.17, 15) is 14.3 Å². The number of hydrogen-bond donors (Lipinski definition) is 1. The lowest BCUT2D eigenvalue weighted by Crippen LogP contribution is -2.45. The largest absolute Gasteiger partial charge is 0.461 e. The van der Waals surface area contributed by atoms with E-state index in [2.05, 4.69) is 4.98 Å². The molecule has 0 spiro atoms. The van der Waals surface area contributed by atoms with Crippen LogP contribution in [0.25, 0.3) is 22.3 Å². The zero-order chi connectivity index (χ0) is 24.7. The number of hydrogen-bond acceptors (Lipinski definition) is 6. The van der Waals surface area contributed by atoms with Gasteiger partial charge in [-0.2, -0.15) is 5.10 Å². The van der Waals surface area contributed by atoms with Crippen LogP contribution in [0.1, 0.15) is 63.9 Å². The van der Waals surface area contributed by atoms with E-state index in [1.807, 2.05) is 30.7 Å². The summed E-state index contributed by atoms with van der Waals surface area (Å²) in [5, 5.41) is 15.5. The molecule has 3 aromatic rings. The fourth-order valence-corrected chi connectivity index (χ4v) is 4.52. The van der Waals surface area contributed by atoms with Crippen molar-refractivity contribution in [3.63, 3.8) is 0 Å². The Hall–Kier alpha value is -2.84. The number of ketones is 1. The number of carbonyl (C=O) groups excluding carboxylic acids is 1. The average molecular weight is 470 g/mol. The van der Waals surface area contributed by atoms with Gasteiger partial charge in [0, 0.05) is 48.7 Å². The molecule has 0 bridgehead atoms. The molecule has 1 aliphatic heterocycles. The Kier molecular flexibility index (Phi) is 6.48. The molecule has 8 heteroatoms. The quantitative estimate of drug-likeness (QED) is 0.461. The maximum Gasteiger partial charge on any atom is 0.235 e. The van der Waals surface area contributed by atoms with E-state index in [0.717, 1.165) is 11.1 Å². The van der Waals surface area contributed by atoms with Crippen molar-refractivity contribution in [2.45, 2.75) is 65.5 Å². The van der Waals surface area contributed by atoms with Gasteiger partial charge in [0.25, 0.3) is 0 Å². The molecule has 1 aromatic carbocycles. The van der Waals surface area contributed by atoms with Gasteiger partial charge in [-0.1, -0.05) is 12.1 Å². The Morgan fingerprint density at radius 1 is 1.32 bits per heavy atom. The number of pyridine rings is 1. The van der Waals surface area contributed by atoms with Crippen molar-refractivity contribution in [3.8, 4) is 17.0 Å². The molecule has 1 fully saturated rings. The summed E-state index contributed by atoms with van der Waals surface area (Å²) in [7, 11) is 0. The first-order valence-electron chi connectivity index (χ1n) is 11.6. The molecule has 3 heterocycles. The van der Waals surface area contributed by atoms with E-state index in [4.69, 9.17) is 14.6 Å². The molecule has 2 atom stereocenters. The summed E-state index contributed by atoms with van der Waals surface area (Å²) < 4.78 is 25.9. The van der Waals surface area contributed by atoms with Gasteiger partial charge in [0.05, 0.1) is 17.7 Å². The Bertz CT molecular complexity index is 1190. The summed E-state index contributed by atoms with van der Waals surface area (Å²) in [5.74, 6) is 0.314. The minimum atomic E-state index is -1.43. The molecule has 34 heavy (non-hydrogen) atoms. The number of nitrogens with zero attached hydrogens (tertiary/aromatic N) is 3. The first kappa shape index (κ1) is 24.3. The number of aromatic nitrogens is 3. The van der Waals surface area contributed by atoms with Crippen molar-refractivity contribution in [1.29, 1.82) is 0 Å². The molecular weight excluding hydrogens is 437 g/mol. The smallest absolute Gasteiger partial charge is 0.235 e. The molecule has 1 saturated heterocycles. The standard InChI is InChI=1S/C26H32FN3O4/c1-16(2)30-21-12-19(22(31)13-26(25(4,5)32)9-10-33-15-26)14-28-24(21)23(29-30)18-7-6-8-20(11-18)34-17(3)27/h6-8,11-12,14,16-17,32H,9-10,13,15H2,1-5H3/t17?,26-/m0/s1. The molecule has 4 rings (SSSR count). The summed E-state index contributed by atoms with van der Waals surface area (Å²) in [6, 6.07) is 8.92. The Labute approximate surface area is 198 Å². The van der Waals surface area contributed by atoms with Crippen LogP contribution in [0, 0.1) is 5.41 Å². The highest BCUT2D eigenvalue weighted by Gasteiger charge is 2.48. The third-order valence-electron chi connectivity index (χ3n) is 6.66. The molecule has 1 aliphatic rings. The second-order valence-corrected chi connectivity index (χ2v) is 9.91. The molecule has 0 amide bonds. The fourth-order valence-electron chi connectivity index (χ4n) is 4.52. The SMILES string of the molecule is CC(F)Oc1cccc(-c2nn(C(C)C)c3cc(C(=O)C[C@@]4(C(C)(C)O)CCOC4)cnc23)c1. The van der Waals surface area contributed by atoms with E-state index in [-0.39, 0.29) is 18.2 Å². The van der Waals surface area contributed by atoms with Crippen molar-refractivity contribution >= 4 is 16.8 Å². The number of benzene rings is 1. The minimum Gasteiger partial charge on any atom is -0.461 e. The summed E-state index contributed by atoms with van der Waals surface area (Å²) in [5.41, 5.74) is 1.57. The number of fused-ring (bicyclic) bond motifs is 1. The number of alkyl halides is 1. The van der Waals surface area contributed by atoms with Crippen molar-refractivity contribution in [2.24, 2.45) is 5.41 Å². The first-order valence-corrected chi connectivity index (χ1v) is 11.6. The van der Waals surface area contributed by atoms with Crippen LogP contribution in [-0.2, 0) is 4.74 Å². The van der Waals surface area contributed by atoms with Crippen LogP contribution in [0.4, 0.5) is 4.39 Å². The minimum absolute atomic E-state index is 0.0275. The third kappa shape index (κ3) is 4.57. The topological polar surface area (TPSA) is 86.5 Å². The second-order valence-electron chi connectivity index (χ2n) is 9.91. The van der Waals surface area contributed by atoms with Crippen molar-refractivity contribution in [1.82, 2.24) is 14.8 Å². The Morgan fingerprint density at radius 3 is 2.71 bits per heavy atom. The van der Waals surface area contributed by atoms with Gasteiger partial charge in [-0.15, -0.1) is 0 Å². The van der Waals surface area contributed by atoms with Crippen LogP contribution in [0.5, 0.6) is 5.75 Å². The van der Waals surface area contributed by atoms with Gasteiger partial charge < -0.3 is 14.6 Å². The monoisotopic (exact) mass is 469 g/mol. The first-order chi connectivity index (χ1) is 16.0. The van der Waals surface area contributed by atoms with Gasteiger partial charge >= 0.3 is 0 Å². The van der Waals surface area contributed by atoms with E-state index >= 15 is 0 Å². The summed E-state index contributed by atoms with van der Waals surface area (Å²) in [4.78, 5) is 17.9. The Morgan fingerprint density at radius 2 is 2.09 bits per heavy atom. The molecule has 0 saturated carbocycles. The zero-order valence-corrected chi connectivity index (χ0v) is 20.3. The number of ether oxygens (including phenoxy) is 2. The van der Waals surface area contributed by atoms with E-state index < -0.39 is 17.4 Å². The second kappa shape index (κ2) is 9.07. The predicted molar refractivity (Wildman–Crippen MR) is 128 cm³/mol. The highest BCUT2D eigenvalue weighted by Crippen LogP contribution is 2.43. The van der Waals surface area contributed by atoms with Crippen molar-refractivity contribution in [3.05, 3.63) is 42.1 Å². The maximum atomic E-state index is 13.3. The molecule has 1 N–H and O–H groups in total. The number of Topliss-reactive ketones (excluding diaryl/α,β-unsaturated/α-hetero) is 1. The van der Waals surface area contributed by atoms with E-state index in [0.29, 0.717) is 42.2 Å². The molecule has 7 nitrogen and oxygen atoms in total. The van der Waals surface area contributed by atoms with Gasteiger partial charge in [0.1, 0.15) is 17.0 Å². The summed E-state index contributed by atoms with van der Waals surface area (Å²) >= 11 is 0. The zero-order valence-electron chi connectivity index (χ0n) is 20.3. The molecule has 0 radical (unpaired) electrons. The highest BCUT2D eigenvalue weighted by atomic mass is 19.1. The van der Waals surface area contributed by atoms with Crippen LogP contribution in [0.15, 0.2) is 36.5 Å². The predicted octanol–water partition coefficient (Wildman–Crippen LogP) is 5.12. The van der Waals surface area contributed by atoms with Crippen LogP contribution < -0.4 is 4.74 Å². The van der Waals surface area contributed by atoms with Gasteiger partial charge in [-0.3, -0.25) is 14.5 Å². The molecule has 1 unspecified atom stereocenters. The number of rotatable bonds is 8. The van der Waals surface area contributed by atoms with Crippen LogP contribution >= 0.6 is 0 Å². The van der Waals surface area contributed by atoms with Crippen LogP contribution in [-0.4, -0.2) is 50.8 Å². The lowest BCUT2D eigenvalue weighted by atomic mass is 9.69. The molecular formula is C26H32FN3O4. The fraction of sp³-hybridized carbons (Fsp3) is 0.500. The van der Waals surface area contributed by atoms with E-state index in [1.54, 1.807) is 38.2 Å². The maximum absolute atomic E-state index is 13.3. The Balaban J connectivity index is 1.73. The van der Waals surface area contributed by atoms with Crippen molar-refractivity contribution in [2.75, 3.05) is 13.2 Å². The third-order valence-corrected chi connectivity index (χ3v) is 6.66. The van der Waals surface area contributed by atoms with Gasteiger partial charge in [0.2, 0.25) is 6.36 Å². The number of carbonyl (C=O) groups is 1. The normalized spacial score (nSPS) is 19.6.